The van der Waals surface area contributed by atoms with E-state index in [-0.39, 0.29) is 0 Å². The molecular weight excluding hydrogens is 266 g/mol. The van der Waals surface area contributed by atoms with Crippen molar-refractivity contribution >= 4 is 27.4 Å². The highest BCUT2D eigenvalue weighted by Gasteiger charge is 2.06. The first kappa shape index (κ1) is 13.3. The summed E-state index contributed by atoms with van der Waals surface area (Å²) in [6, 6.07) is 2.31. The molecule has 0 amide bonds. The van der Waals surface area contributed by atoms with E-state index < -0.39 is 0 Å². The zero-order valence-corrected chi connectivity index (χ0v) is 11.5. The second-order valence-corrected chi connectivity index (χ2v) is 4.99. The Morgan fingerprint density at radius 3 is 2.88 bits per heavy atom. The number of unbranched alkanes of at least 4 members (excludes halogenated alkanes) is 2. The minimum Gasteiger partial charge on any atom is -0.397 e. The molecule has 0 saturated heterocycles. The topological polar surface area (TPSA) is 50.9 Å². The number of nitrogens with two attached hydrogens (primary N) is 1. The van der Waals surface area contributed by atoms with E-state index in [1.54, 1.807) is 6.20 Å². The van der Waals surface area contributed by atoms with Crippen molar-refractivity contribution in [2.24, 2.45) is 0 Å². The Bertz CT molecular complexity index is 328. The largest absolute Gasteiger partial charge is 0.397 e. The molecule has 1 heterocycles. The summed E-state index contributed by atoms with van der Waals surface area (Å²) in [4.78, 5) is 4.26. The molecule has 0 aliphatic rings. The van der Waals surface area contributed by atoms with E-state index in [0.29, 0.717) is 11.7 Å². The Labute approximate surface area is 106 Å². The Hall–Kier alpha value is -0.770. The number of hydrogen-bond donors (Lipinski definition) is 2. The Morgan fingerprint density at radius 1 is 1.50 bits per heavy atom. The number of hydrogen-bond acceptors (Lipinski definition) is 3. The molecule has 1 aromatic heterocycles. The van der Waals surface area contributed by atoms with Gasteiger partial charge in [0.2, 0.25) is 0 Å². The van der Waals surface area contributed by atoms with Crippen molar-refractivity contribution in [3.63, 3.8) is 0 Å². The number of aromatic nitrogens is 1. The van der Waals surface area contributed by atoms with Gasteiger partial charge in [-0.05, 0) is 35.3 Å². The highest BCUT2D eigenvalue weighted by molar-refractivity contribution is 9.10. The van der Waals surface area contributed by atoms with Gasteiger partial charge in [0.15, 0.2) is 0 Å². The molecule has 0 aliphatic heterocycles. The molecule has 3 N–H and O–H groups in total. The van der Waals surface area contributed by atoms with Crippen molar-refractivity contribution in [3.8, 4) is 0 Å². The lowest BCUT2D eigenvalue weighted by molar-refractivity contribution is 0.613. The molecule has 4 heteroatoms. The molecule has 1 atom stereocenters. The van der Waals surface area contributed by atoms with Crippen LogP contribution in [0.15, 0.2) is 16.7 Å². The zero-order chi connectivity index (χ0) is 12.0. The second-order valence-electron chi connectivity index (χ2n) is 4.14. The van der Waals surface area contributed by atoms with Crippen LogP contribution in [-0.4, -0.2) is 11.0 Å². The first-order valence-corrected chi connectivity index (χ1v) is 6.60. The van der Waals surface area contributed by atoms with E-state index in [4.69, 9.17) is 5.73 Å². The molecule has 0 aliphatic carbocycles. The summed E-state index contributed by atoms with van der Waals surface area (Å²) in [5.41, 5.74) is 6.31. The first-order chi connectivity index (χ1) is 7.63. The maximum atomic E-state index is 5.64. The van der Waals surface area contributed by atoms with E-state index in [1.807, 2.05) is 6.07 Å². The second kappa shape index (κ2) is 6.74. The number of pyridine rings is 1. The maximum absolute atomic E-state index is 5.64. The molecule has 0 saturated carbocycles. The van der Waals surface area contributed by atoms with Crippen LogP contribution in [-0.2, 0) is 0 Å². The minimum atomic E-state index is 0.443. The van der Waals surface area contributed by atoms with E-state index in [0.717, 1.165) is 10.3 Å². The fraction of sp³-hybridized carbons (Fsp3) is 0.583. The molecule has 0 spiro atoms. The van der Waals surface area contributed by atoms with Crippen LogP contribution in [0.5, 0.6) is 0 Å². The van der Waals surface area contributed by atoms with Gasteiger partial charge in [0.05, 0.1) is 16.4 Å². The summed E-state index contributed by atoms with van der Waals surface area (Å²) >= 11 is 3.45. The van der Waals surface area contributed by atoms with Gasteiger partial charge in [0, 0.05) is 6.04 Å². The SMILES string of the molecule is CCCCCC(C)Nc1ncc(N)cc1Br. The predicted molar refractivity (Wildman–Crippen MR) is 73.6 cm³/mol. The van der Waals surface area contributed by atoms with Crippen molar-refractivity contribution in [1.82, 2.24) is 4.98 Å². The lowest BCUT2D eigenvalue weighted by Gasteiger charge is -2.15. The van der Waals surface area contributed by atoms with Crippen LogP contribution in [0.2, 0.25) is 0 Å². The van der Waals surface area contributed by atoms with E-state index in [2.05, 4.69) is 40.1 Å². The number of anilines is 2. The highest BCUT2D eigenvalue weighted by Crippen LogP contribution is 2.23. The van der Waals surface area contributed by atoms with Crippen molar-refractivity contribution in [2.75, 3.05) is 11.1 Å². The van der Waals surface area contributed by atoms with E-state index in [9.17, 15) is 0 Å². The maximum Gasteiger partial charge on any atom is 0.140 e. The van der Waals surface area contributed by atoms with Gasteiger partial charge in [-0.15, -0.1) is 0 Å². The summed E-state index contributed by atoms with van der Waals surface area (Å²) < 4.78 is 0.926. The van der Waals surface area contributed by atoms with Gasteiger partial charge in [0.1, 0.15) is 5.82 Å². The monoisotopic (exact) mass is 285 g/mol. The van der Waals surface area contributed by atoms with Crippen LogP contribution in [0.4, 0.5) is 11.5 Å². The summed E-state index contributed by atoms with van der Waals surface area (Å²) in [5.74, 6) is 0.873. The van der Waals surface area contributed by atoms with Crippen LogP contribution >= 0.6 is 15.9 Å². The molecule has 0 fully saturated rings. The van der Waals surface area contributed by atoms with Crippen molar-refractivity contribution < 1.29 is 0 Å². The van der Waals surface area contributed by atoms with Gasteiger partial charge in [-0.2, -0.15) is 0 Å². The Balaban J connectivity index is 2.46. The van der Waals surface area contributed by atoms with E-state index >= 15 is 0 Å². The quantitative estimate of drug-likeness (QED) is 0.782. The number of nitrogens with zero attached hydrogens (tertiary/aromatic N) is 1. The summed E-state index contributed by atoms with van der Waals surface area (Å²) in [6.07, 6.45) is 6.66. The third kappa shape index (κ3) is 4.39. The number of nitrogens with one attached hydrogen (secondary N) is 1. The highest BCUT2D eigenvalue weighted by atomic mass is 79.9. The third-order valence-electron chi connectivity index (χ3n) is 2.49. The molecule has 0 bridgehead atoms. The molecule has 1 unspecified atom stereocenters. The average Bonchev–Trinajstić information content (AvgIpc) is 2.23. The molecule has 1 aromatic rings. The zero-order valence-electron chi connectivity index (χ0n) is 9.96. The van der Waals surface area contributed by atoms with Crippen LogP contribution in [0, 0.1) is 0 Å². The third-order valence-corrected chi connectivity index (χ3v) is 3.09. The Morgan fingerprint density at radius 2 is 2.25 bits per heavy atom. The molecule has 16 heavy (non-hydrogen) atoms. The fourth-order valence-electron chi connectivity index (χ4n) is 1.57. The van der Waals surface area contributed by atoms with Crippen molar-refractivity contribution in [2.45, 2.75) is 45.6 Å². The number of rotatable bonds is 6. The van der Waals surface area contributed by atoms with Crippen molar-refractivity contribution in [3.05, 3.63) is 16.7 Å². The fourth-order valence-corrected chi connectivity index (χ4v) is 2.05. The van der Waals surface area contributed by atoms with Gasteiger partial charge < -0.3 is 11.1 Å². The number of halogens is 1. The van der Waals surface area contributed by atoms with Crippen LogP contribution in [0.3, 0.4) is 0 Å². The van der Waals surface area contributed by atoms with Crippen LogP contribution < -0.4 is 11.1 Å². The molecule has 0 aromatic carbocycles. The summed E-state index contributed by atoms with van der Waals surface area (Å²) in [7, 11) is 0. The number of nitrogen functional groups attached to an aromatic ring is 1. The minimum absolute atomic E-state index is 0.443. The molecule has 3 nitrogen and oxygen atoms in total. The summed E-state index contributed by atoms with van der Waals surface area (Å²) in [6.45, 7) is 4.40. The normalized spacial score (nSPS) is 12.4. The first-order valence-electron chi connectivity index (χ1n) is 5.81. The van der Waals surface area contributed by atoms with E-state index in [1.165, 1.54) is 25.7 Å². The standard InChI is InChI=1S/C12H20BrN3/c1-3-4-5-6-9(2)16-12-11(13)7-10(14)8-15-12/h7-9H,3-6,14H2,1-2H3,(H,15,16). The Kier molecular flexibility index (Phi) is 5.60. The van der Waals surface area contributed by atoms with Gasteiger partial charge >= 0.3 is 0 Å². The molecular formula is C12H20BrN3. The van der Waals surface area contributed by atoms with Gasteiger partial charge in [-0.1, -0.05) is 26.2 Å². The van der Waals surface area contributed by atoms with Crippen LogP contribution in [0.25, 0.3) is 0 Å². The lowest BCUT2D eigenvalue weighted by atomic mass is 10.1. The van der Waals surface area contributed by atoms with Crippen molar-refractivity contribution in [1.29, 1.82) is 0 Å². The predicted octanol–water partition coefficient (Wildman–Crippen LogP) is 3.81. The molecule has 90 valence electrons. The van der Waals surface area contributed by atoms with Gasteiger partial charge in [-0.25, -0.2) is 4.98 Å². The lowest BCUT2D eigenvalue weighted by Crippen LogP contribution is -2.16. The van der Waals surface area contributed by atoms with Crippen LogP contribution in [0.1, 0.15) is 39.5 Å². The van der Waals surface area contributed by atoms with Gasteiger partial charge in [0.25, 0.3) is 0 Å². The van der Waals surface area contributed by atoms with Gasteiger partial charge in [-0.3, -0.25) is 0 Å². The molecule has 0 radical (unpaired) electrons. The smallest absolute Gasteiger partial charge is 0.140 e. The molecule has 1 rings (SSSR count). The average molecular weight is 286 g/mol. The summed E-state index contributed by atoms with van der Waals surface area (Å²) in [5, 5.41) is 3.38.